The molecule has 1 N–H and O–H groups in total. The number of ether oxygens (including phenoxy) is 1. The molecule has 3 heteroatoms. The Balaban J connectivity index is 1.37. The van der Waals surface area contributed by atoms with Crippen molar-refractivity contribution in [1.29, 1.82) is 0 Å². The van der Waals surface area contributed by atoms with Gasteiger partial charge in [0, 0.05) is 43.9 Å². The molecule has 0 radical (unpaired) electrons. The van der Waals surface area contributed by atoms with Crippen LogP contribution >= 0.6 is 0 Å². The molecule has 3 nitrogen and oxygen atoms in total. The Morgan fingerprint density at radius 3 is 2.31 bits per heavy atom. The van der Waals surface area contributed by atoms with Gasteiger partial charge < -0.3 is 9.64 Å². The second-order valence-electron chi connectivity index (χ2n) is 6.40. The zero-order chi connectivity index (χ0) is 10.6. The Labute approximate surface area is 97.5 Å². The molecule has 90 valence electrons. The van der Waals surface area contributed by atoms with E-state index in [0.29, 0.717) is 5.41 Å². The summed E-state index contributed by atoms with van der Waals surface area (Å²) in [6.07, 6.45) is 8.02. The molecule has 0 unspecified atom stereocenters. The average Bonchev–Trinajstić information content (AvgIpc) is 3.21. The molecule has 0 amide bonds. The monoisotopic (exact) mass is 222 g/mol. The van der Waals surface area contributed by atoms with E-state index in [1.54, 1.807) is 0 Å². The summed E-state index contributed by atoms with van der Waals surface area (Å²) in [6, 6.07) is 0.927. The van der Waals surface area contributed by atoms with Crippen molar-refractivity contribution in [3.8, 4) is 0 Å². The van der Waals surface area contributed by atoms with E-state index in [-0.39, 0.29) is 5.72 Å². The summed E-state index contributed by atoms with van der Waals surface area (Å²) in [5.41, 5.74) is 0.609. The SMILES string of the molecule is C1CC1N1CCC2(CC1)NCC1(CC1)CO2. The van der Waals surface area contributed by atoms with Gasteiger partial charge in [-0.3, -0.25) is 5.32 Å². The third kappa shape index (κ3) is 1.60. The van der Waals surface area contributed by atoms with Crippen LogP contribution in [0.15, 0.2) is 0 Å². The summed E-state index contributed by atoms with van der Waals surface area (Å²) in [7, 11) is 0. The van der Waals surface area contributed by atoms with Crippen LogP contribution in [0.25, 0.3) is 0 Å². The number of nitrogens with one attached hydrogen (secondary N) is 1. The molecule has 16 heavy (non-hydrogen) atoms. The predicted octanol–water partition coefficient (Wildman–Crippen LogP) is 1.34. The van der Waals surface area contributed by atoms with Gasteiger partial charge in [-0.15, -0.1) is 0 Å². The summed E-state index contributed by atoms with van der Waals surface area (Å²) in [6.45, 7) is 4.70. The minimum atomic E-state index is 0.0548. The molecule has 0 atom stereocenters. The van der Waals surface area contributed by atoms with Gasteiger partial charge in [-0.25, -0.2) is 0 Å². The fourth-order valence-electron chi connectivity index (χ4n) is 3.25. The first kappa shape index (κ1) is 9.86. The molecular formula is C13H22N2O. The topological polar surface area (TPSA) is 24.5 Å². The van der Waals surface area contributed by atoms with E-state index in [1.807, 2.05) is 0 Å². The van der Waals surface area contributed by atoms with Gasteiger partial charge in [0.15, 0.2) is 0 Å². The van der Waals surface area contributed by atoms with Crippen LogP contribution in [0.4, 0.5) is 0 Å². The van der Waals surface area contributed by atoms with Gasteiger partial charge in [0.05, 0.1) is 6.61 Å². The normalized spacial score (nSPS) is 36.8. The lowest BCUT2D eigenvalue weighted by molar-refractivity contribution is -0.149. The zero-order valence-electron chi connectivity index (χ0n) is 10.0. The second-order valence-corrected chi connectivity index (χ2v) is 6.40. The molecule has 0 aromatic carbocycles. The molecule has 2 saturated carbocycles. The van der Waals surface area contributed by atoms with Crippen LogP contribution in [0.2, 0.25) is 0 Å². The molecule has 0 aromatic heterocycles. The van der Waals surface area contributed by atoms with E-state index in [1.165, 1.54) is 58.2 Å². The highest BCUT2D eigenvalue weighted by Crippen LogP contribution is 2.49. The maximum absolute atomic E-state index is 6.19. The maximum atomic E-state index is 6.19. The molecule has 0 aromatic rings. The lowest BCUT2D eigenvalue weighted by Crippen LogP contribution is -2.60. The number of piperidine rings is 1. The first-order chi connectivity index (χ1) is 7.79. The summed E-state index contributed by atoms with van der Waals surface area (Å²) < 4.78 is 6.19. The highest BCUT2D eigenvalue weighted by Gasteiger charge is 2.51. The van der Waals surface area contributed by atoms with E-state index in [2.05, 4.69) is 10.2 Å². The van der Waals surface area contributed by atoms with Crippen molar-refractivity contribution < 1.29 is 4.74 Å². The van der Waals surface area contributed by atoms with Gasteiger partial charge in [0.2, 0.25) is 0 Å². The smallest absolute Gasteiger partial charge is 0.121 e. The first-order valence-corrected chi connectivity index (χ1v) is 6.92. The highest BCUT2D eigenvalue weighted by molar-refractivity contribution is 5.02. The van der Waals surface area contributed by atoms with E-state index >= 15 is 0 Å². The third-order valence-corrected chi connectivity index (χ3v) is 5.07. The van der Waals surface area contributed by atoms with Crippen LogP contribution < -0.4 is 5.32 Å². The van der Waals surface area contributed by atoms with Crippen molar-refractivity contribution >= 4 is 0 Å². The molecule has 2 aliphatic carbocycles. The molecule has 2 heterocycles. The lowest BCUT2D eigenvalue weighted by atomic mass is 9.95. The highest BCUT2D eigenvalue weighted by atomic mass is 16.5. The minimum absolute atomic E-state index is 0.0548. The standard InChI is InChI=1S/C13H22N2O/c1-2-11(1)15-7-5-13(6-8-15)14-9-12(3-4-12)10-16-13/h11,14H,1-10H2. The lowest BCUT2D eigenvalue weighted by Gasteiger charge is -2.46. The fourth-order valence-corrected chi connectivity index (χ4v) is 3.25. The van der Waals surface area contributed by atoms with Crippen molar-refractivity contribution in [2.45, 2.75) is 50.3 Å². The molecule has 4 aliphatic rings. The van der Waals surface area contributed by atoms with Crippen molar-refractivity contribution in [2.24, 2.45) is 5.41 Å². The van der Waals surface area contributed by atoms with Gasteiger partial charge >= 0.3 is 0 Å². The molecule has 2 saturated heterocycles. The zero-order valence-corrected chi connectivity index (χ0v) is 10.0. The van der Waals surface area contributed by atoms with Crippen LogP contribution in [0.3, 0.4) is 0 Å². The van der Waals surface area contributed by atoms with Gasteiger partial charge in [0.1, 0.15) is 5.72 Å². The molecule has 2 spiro atoms. The molecule has 2 aliphatic heterocycles. The van der Waals surface area contributed by atoms with E-state index in [9.17, 15) is 0 Å². The Bertz CT molecular complexity index is 276. The average molecular weight is 222 g/mol. The molecular weight excluding hydrogens is 200 g/mol. The summed E-state index contributed by atoms with van der Waals surface area (Å²) in [4.78, 5) is 2.66. The Kier molecular flexibility index (Phi) is 1.98. The maximum Gasteiger partial charge on any atom is 0.121 e. The number of hydrogen-bond donors (Lipinski definition) is 1. The van der Waals surface area contributed by atoms with Crippen molar-refractivity contribution in [3.05, 3.63) is 0 Å². The van der Waals surface area contributed by atoms with Gasteiger partial charge in [-0.05, 0) is 25.7 Å². The van der Waals surface area contributed by atoms with Gasteiger partial charge in [0.25, 0.3) is 0 Å². The molecule has 4 fully saturated rings. The Morgan fingerprint density at radius 2 is 1.81 bits per heavy atom. The van der Waals surface area contributed by atoms with E-state index in [4.69, 9.17) is 4.74 Å². The number of hydrogen-bond acceptors (Lipinski definition) is 3. The summed E-state index contributed by atoms with van der Waals surface area (Å²) >= 11 is 0. The molecule has 0 bridgehead atoms. The summed E-state index contributed by atoms with van der Waals surface area (Å²) in [5, 5.41) is 3.72. The van der Waals surface area contributed by atoms with E-state index < -0.39 is 0 Å². The van der Waals surface area contributed by atoms with Crippen molar-refractivity contribution in [1.82, 2.24) is 10.2 Å². The number of rotatable bonds is 1. The van der Waals surface area contributed by atoms with Crippen LogP contribution in [-0.4, -0.2) is 42.9 Å². The van der Waals surface area contributed by atoms with Crippen LogP contribution in [0.5, 0.6) is 0 Å². The quantitative estimate of drug-likeness (QED) is 0.724. The van der Waals surface area contributed by atoms with Crippen LogP contribution in [0, 0.1) is 5.41 Å². The largest absolute Gasteiger partial charge is 0.360 e. The number of nitrogens with zero attached hydrogens (tertiary/aromatic N) is 1. The Hall–Kier alpha value is -0.120. The van der Waals surface area contributed by atoms with Crippen molar-refractivity contribution in [2.75, 3.05) is 26.2 Å². The van der Waals surface area contributed by atoms with Crippen LogP contribution in [-0.2, 0) is 4.74 Å². The second kappa shape index (κ2) is 3.21. The summed E-state index contributed by atoms with van der Waals surface area (Å²) in [5.74, 6) is 0. The third-order valence-electron chi connectivity index (χ3n) is 5.07. The fraction of sp³-hybridized carbons (Fsp3) is 1.00. The Morgan fingerprint density at radius 1 is 1.06 bits per heavy atom. The van der Waals surface area contributed by atoms with E-state index in [0.717, 1.165) is 12.6 Å². The number of likely N-dealkylation sites (tertiary alicyclic amines) is 1. The van der Waals surface area contributed by atoms with Crippen molar-refractivity contribution in [3.63, 3.8) is 0 Å². The van der Waals surface area contributed by atoms with Gasteiger partial charge in [-0.1, -0.05) is 0 Å². The van der Waals surface area contributed by atoms with Gasteiger partial charge in [-0.2, -0.15) is 0 Å². The predicted molar refractivity (Wildman–Crippen MR) is 62.2 cm³/mol. The first-order valence-electron chi connectivity index (χ1n) is 6.92. The van der Waals surface area contributed by atoms with Crippen LogP contribution in [0.1, 0.15) is 38.5 Å². The minimum Gasteiger partial charge on any atom is -0.360 e. The molecule has 4 rings (SSSR count).